The van der Waals surface area contributed by atoms with Gasteiger partial charge in [-0.1, -0.05) is 12.2 Å². The Bertz CT molecular complexity index is 335. The van der Waals surface area contributed by atoms with Gasteiger partial charge >= 0.3 is 0 Å². The monoisotopic (exact) mass is 216 g/mol. The molecule has 0 fully saturated rings. The SMILES string of the molecule is Cc1nsc(NC(=O)CC(N)=S)n1. The number of aromatic nitrogens is 2. The van der Waals surface area contributed by atoms with Crippen LogP contribution < -0.4 is 11.1 Å². The second kappa shape index (κ2) is 4.24. The third-order valence-corrected chi connectivity index (χ3v) is 1.97. The molecule has 1 rings (SSSR count). The summed E-state index contributed by atoms with van der Waals surface area (Å²) < 4.78 is 3.90. The van der Waals surface area contributed by atoms with E-state index in [0.717, 1.165) is 11.5 Å². The zero-order chi connectivity index (χ0) is 9.84. The first-order chi connectivity index (χ1) is 6.08. The molecule has 1 aromatic rings. The normalized spacial score (nSPS) is 9.62. The number of nitrogens with zero attached hydrogens (tertiary/aromatic N) is 2. The molecule has 0 saturated heterocycles. The Morgan fingerprint density at radius 1 is 1.77 bits per heavy atom. The molecule has 0 radical (unpaired) electrons. The number of nitrogens with two attached hydrogens (primary N) is 1. The summed E-state index contributed by atoms with van der Waals surface area (Å²) in [7, 11) is 0. The van der Waals surface area contributed by atoms with Crippen LogP contribution in [0.2, 0.25) is 0 Å². The molecule has 1 heterocycles. The fourth-order valence-electron chi connectivity index (χ4n) is 0.670. The molecular weight excluding hydrogens is 208 g/mol. The van der Waals surface area contributed by atoms with Gasteiger partial charge in [0.1, 0.15) is 5.82 Å². The predicted octanol–water partition coefficient (Wildman–Crippen LogP) is 0.461. The van der Waals surface area contributed by atoms with Crippen LogP contribution >= 0.6 is 23.8 Å². The van der Waals surface area contributed by atoms with Gasteiger partial charge in [0.2, 0.25) is 11.0 Å². The summed E-state index contributed by atoms with van der Waals surface area (Å²) in [4.78, 5) is 15.2. The summed E-state index contributed by atoms with van der Waals surface area (Å²) in [6.45, 7) is 1.75. The number of hydrogen-bond donors (Lipinski definition) is 2. The number of anilines is 1. The van der Waals surface area contributed by atoms with Crippen molar-refractivity contribution < 1.29 is 4.79 Å². The van der Waals surface area contributed by atoms with Crippen LogP contribution in [0.4, 0.5) is 5.13 Å². The summed E-state index contributed by atoms with van der Waals surface area (Å²) in [6, 6.07) is 0. The van der Waals surface area contributed by atoms with Crippen molar-refractivity contribution in [2.45, 2.75) is 13.3 Å². The van der Waals surface area contributed by atoms with E-state index in [0.29, 0.717) is 11.0 Å². The lowest BCUT2D eigenvalue weighted by Crippen LogP contribution is -2.19. The molecule has 70 valence electrons. The first-order valence-electron chi connectivity index (χ1n) is 3.46. The molecule has 5 nitrogen and oxygen atoms in total. The van der Waals surface area contributed by atoms with E-state index in [-0.39, 0.29) is 17.3 Å². The highest BCUT2D eigenvalue weighted by atomic mass is 32.1. The Kier molecular flexibility index (Phi) is 3.26. The summed E-state index contributed by atoms with van der Waals surface area (Å²) in [5, 5.41) is 3.00. The fourth-order valence-corrected chi connectivity index (χ4v) is 1.39. The van der Waals surface area contributed by atoms with Gasteiger partial charge in [0.15, 0.2) is 0 Å². The number of aryl methyl sites for hydroxylation is 1. The van der Waals surface area contributed by atoms with Crippen molar-refractivity contribution in [3.05, 3.63) is 5.82 Å². The van der Waals surface area contributed by atoms with E-state index in [2.05, 4.69) is 26.9 Å². The molecule has 0 aliphatic rings. The lowest BCUT2D eigenvalue weighted by atomic mass is 10.4. The number of carbonyl (C=O) groups excluding carboxylic acids is 1. The summed E-state index contributed by atoms with van der Waals surface area (Å²) >= 11 is 5.71. The molecule has 0 spiro atoms. The second-order valence-corrected chi connectivity index (χ2v) is 3.61. The molecule has 1 amide bonds. The Morgan fingerprint density at radius 3 is 2.92 bits per heavy atom. The quantitative estimate of drug-likeness (QED) is 0.717. The summed E-state index contributed by atoms with van der Waals surface area (Å²) in [6.07, 6.45) is 0.0357. The van der Waals surface area contributed by atoms with Crippen LogP contribution in [0, 0.1) is 6.92 Å². The summed E-state index contributed by atoms with van der Waals surface area (Å²) in [5.74, 6) is 0.374. The fraction of sp³-hybridized carbons (Fsp3) is 0.333. The maximum atomic E-state index is 11.1. The van der Waals surface area contributed by atoms with Crippen molar-refractivity contribution in [1.82, 2.24) is 9.36 Å². The molecule has 7 heteroatoms. The van der Waals surface area contributed by atoms with E-state index in [1.807, 2.05) is 0 Å². The van der Waals surface area contributed by atoms with Crippen LogP contribution in [0.5, 0.6) is 0 Å². The second-order valence-electron chi connectivity index (χ2n) is 2.34. The predicted molar refractivity (Wildman–Crippen MR) is 54.7 cm³/mol. The molecule has 0 atom stereocenters. The number of amides is 1. The highest BCUT2D eigenvalue weighted by molar-refractivity contribution is 7.80. The van der Waals surface area contributed by atoms with Crippen LogP contribution in [0.1, 0.15) is 12.2 Å². The third kappa shape index (κ3) is 3.43. The Labute approximate surface area is 84.5 Å². The first kappa shape index (κ1) is 10.0. The maximum Gasteiger partial charge on any atom is 0.233 e. The van der Waals surface area contributed by atoms with Crippen LogP contribution in [-0.4, -0.2) is 20.3 Å². The molecule has 0 aromatic carbocycles. The van der Waals surface area contributed by atoms with E-state index in [1.54, 1.807) is 6.92 Å². The molecule has 0 bridgehead atoms. The van der Waals surface area contributed by atoms with Crippen molar-refractivity contribution in [1.29, 1.82) is 0 Å². The lowest BCUT2D eigenvalue weighted by Gasteiger charge is -1.97. The van der Waals surface area contributed by atoms with Gasteiger partial charge in [0.25, 0.3) is 0 Å². The van der Waals surface area contributed by atoms with Gasteiger partial charge in [0, 0.05) is 11.5 Å². The van der Waals surface area contributed by atoms with Crippen LogP contribution in [0.3, 0.4) is 0 Å². The zero-order valence-electron chi connectivity index (χ0n) is 6.90. The number of hydrogen-bond acceptors (Lipinski definition) is 5. The van der Waals surface area contributed by atoms with Crippen LogP contribution in [0.15, 0.2) is 0 Å². The lowest BCUT2D eigenvalue weighted by molar-refractivity contribution is -0.115. The van der Waals surface area contributed by atoms with Gasteiger partial charge in [-0.2, -0.15) is 4.37 Å². The Hall–Kier alpha value is -1.08. The number of thiocarbonyl (C=S) groups is 1. The van der Waals surface area contributed by atoms with Crippen molar-refractivity contribution in [2.75, 3.05) is 5.32 Å². The minimum Gasteiger partial charge on any atom is -0.393 e. The number of carbonyl (C=O) groups is 1. The highest BCUT2D eigenvalue weighted by Crippen LogP contribution is 2.09. The smallest absolute Gasteiger partial charge is 0.233 e. The van der Waals surface area contributed by atoms with Gasteiger partial charge in [-0.3, -0.25) is 4.79 Å². The van der Waals surface area contributed by atoms with Gasteiger partial charge in [-0.05, 0) is 6.92 Å². The Morgan fingerprint density at radius 2 is 2.46 bits per heavy atom. The minimum absolute atomic E-state index is 0.0357. The first-order valence-corrected chi connectivity index (χ1v) is 4.64. The van der Waals surface area contributed by atoms with Crippen molar-refractivity contribution in [3.63, 3.8) is 0 Å². The van der Waals surface area contributed by atoms with Crippen LogP contribution in [-0.2, 0) is 4.79 Å². The molecule has 1 aromatic heterocycles. The third-order valence-electron chi connectivity index (χ3n) is 1.11. The largest absolute Gasteiger partial charge is 0.393 e. The van der Waals surface area contributed by atoms with Crippen molar-refractivity contribution in [3.8, 4) is 0 Å². The van der Waals surface area contributed by atoms with Gasteiger partial charge < -0.3 is 11.1 Å². The maximum absolute atomic E-state index is 11.1. The summed E-state index contributed by atoms with van der Waals surface area (Å²) in [5.41, 5.74) is 5.19. The average molecular weight is 216 g/mol. The molecular formula is C6H8N4OS2. The molecule has 3 N–H and O–H groups in total. The zero-order valence-corrected chi connectivity index (χ0v) is 8.54. The van der Waals surface area contributed by atoms with E-state index in [1.165, 1.54) is 0 Å². The van der Waals surface area contributed by atoms with Crippen molar-refractivity contribution in [2.24, 2.45) is 5.73 Å². The highest BCUT2D eigenvalue weighted by Gasteiger charge is 2.06. The van der Waals surface area contributed by atoms with E-state index >= 15 is 0 Å². The molecule has 0 saturated carbocycles. The number of rotatable bonds is 3. The van der Waals surface area contributed by atoms with E-state index < -0.39 is 0 Å². The van der Waals surface area contributed by atoms with E-state index in [9.17, 15) is 4.79 Å². The van der Waals surface area contributed by atoms with Crippen molar-refractivity contribution >= 4 is 39.8 Å². The standard InChI is InChI=1S/C6H8N4OS2/c1-3-8-6(13-10-3)9-5(11)2-4(7)12/h2H2,1H3,(H2,7,12)(H,8,9,10,11). The molecule has 13 heavy (non-hydrogen) atoms. The number of nitrogens with one attached hydrogen (secondary N) is 1. The van der Waals surface area contributed by atoms with Crippen LogP contribution in [0.25, 0.3) is 0 Å². The average Bonchev–Trinajstić information content (AvgIpc) is 2.33. The van der Waals surface area contributed by atoms with Gasteiger partial charge in [-0.15, -0.1) is 0 Å². The Balaban J connectivity index is 2.50. The van der Waals surface area contributed by atoms with Gasteiger partial charge in [0.05, 0.1) is 11.4 Å². The molecule has 0 aliphatic heterocycles. The van der Waals surface area contributed by atoms with E-state index in [4.69, 9.17) is 5.73 Å². The van der Waals surface area contributed by atoms with Gasteiger partial charge in [-0.25, -0.2) is 4.98 Å². The topological polar surface area (TPSA) is 80.9 Å². The minimum atomic E-state index is -0.261. The molecule has 0 unspecified atom stereocenters. The molecule has 0 aliphatic carbocycles.